The van der Waals surface area contributed by atoms with Gasteiger partial charge in [0.2, 0.25) is 15.9 Å². The van der Waals surface area contributed by atoms with Gasteiger partial charge in [0.05, 0.1) is 18.1 Å². The minimum Gasteiger partial charge on any atom is -0.308 e. The average molecular weight is 374 g/mol. The number of anilines is 1. The minimum atomic E-state index is -4.04. The number of hydrogen-bond donors (Lipinski definition) is 1. The molecule has 0 spiro atoms. The molecule has 3 rings (SSSR count). The fourth-order valence-corrected chi connectivity index (χ4v) is 3.75. The number of carbonyl (C=O) groups is 1. The molecule has 0 bridgehead atoms. The van der Waals surface area contributed by atoms with Crippen molar-refractivity contribution in [2.75, 3.05) is 11.4 Å². The lowest BCUT2D eigenvalue weighted by molar-refractivity contribution is -0.118. The van der Waals surface area contributed by atoms with E-state index in [-0.39, 0.29) is 11.3 Å². The van der Waals surface area contributed by atoms with Crippen molar-refractivity contribution in [1.29, 1.82) is 0 Å². The SMILES string of the molecule is Cn1cc(N2CC[C@H](NS(=O)(=O)c3cnn(CC(F)F)c3)C2=O)cn1. The summed E-state index contributed by atoms with van der Waals surface area (Å²) in [7, 11) is -2.33. The third-order valence-corrected chi connectivity index (χ3v) is 5.18. The first kappa shape index (κ1) is 17.5. The zero-order chi connectivity index (χ0) is 18.2. The summed E-state index contributed by atoms with van der Waals surface area (Å²) < 4.78 is 54.0. The Morgan fingerprint density at radius 1 is 1.32 bits per heavy atom. The summed E-state index contributed by atoms with van der Waals surface area (Å²) in [4.78, 5) is 13.6. The highest BCUT2D eigenvalue weighted by Crippen LogP contribution is 2.22. The van der Waals surface area contributed by atoms with Crippen molar-refractivity contribution in [2.45, 2.75) is 30.3 Å². The molecular formula is C13H16F2N6O3S. The standard InChI is InChI=1S/C13H16F2N6O3S/c1-19-6-9(4-16-19)21-3-2-11(13(21)22)18-25(23,24)10-5-17-20(7-10)8-12(14)15/h4-7,11-12,18H,2-3,8H2,1H3/t11-/m0/s1. The van der Waals surface area contributed by atoms with Crippen molar-refractivity contribution in [3.05, 3.63) is 24.8 Å². The van der Waals surface area contributed by atoms with E-state index in [9.17, 15) is 22.0 Å². The highest BCUT2D eigenvalue weighted by molar-refractivity contribution is 7.89. The van der Waals surface area contributed by atoms with E-state index in [0.29, 0.717) is 12.2 Å². The Labute approximate surface area is 142 Å². The Bertz CT molecular complexity index is 878. The molecule has 3 heterocycles. The molecule has 25 heavy (non-hydrogen) atoms. The molecule has 0 aromatic carbocycles. The molecule has 2 aromatic rings. The van der Waals surface area contributed by atoms with Gasteiger partial charge in [-0.2, -0.15) is 14.9 Å². The lowest BCUT2D eigenvalue weighted by Crippen LogP contribution is -2.41. The van der Waals surface area contributed by atoms with E-state index in [4.69, 9.17) is 0 Å². The summed E-state index contributed by atoms with van der Waals surface area (Å²) >= 11 is 0. The number of amides is 1. The Morgan fingerprint density at radius 2 is 2.08 bits per heavy atom. The van der Waals surface area contributed by atoms with Crippen LogP contribution in [-0.2, 0) is 28.4 Å². The van der Waals surface area contributed by atoms with Crippen molar-refractivity contribution in [3.63, 3.8) is 0 Å². The van der Waals surface area contributed by atoms with Crippen LogP contribution in [0, 0.1) is 0 Å². The number of hydrogen-bond acceptors (Lipinski definition) is 5. The Kier molecular flexibility index (Phi) is 4.56. The van der Waals surface area contributed by atoms with Crippen LogP contribution in [0.3, 0.4) is 0 Å². The van der Waals surface area contributed by atoms with Crippen LogP contribution < -0.4 is 9.62 Å². The molecule has 1 atom stereocenters. The zero-order valence-corrected chi connectivity index (χ0v) is 14.0. The van der Waals surface area contributed by atoms with Crippen LogP contribution in [0.25, 0.3) is 0 Å². The van der Waals surface area contributed by atoms with Gasteiger partial charge in [0.15, 0.2) is 0 Å². The third kappa shape index (κ3) is 3.69. The van der Waals surface area contributed by atoms with Crippen molar-refractivity contribution < 1.29 is 22.0 Å². The number of aromatic nitrogens is 4. The van der Waals surface area contributed by atoms with Crippen molar-refractivity contribution in [3.8, 4) is 0 Å². The number of halogens is 2. The van der Waals surface area contributed by atoms with Gasteiger partial charge in [0.1, 0.15) is 17.5 Å². The molecule has 0 saturated carbocycles. The molecule has 0 radical (unpaired) electrons. The fraction of sp³-hybridized carbons (Fsp3) is 0.462. The molecule has 1 aliphatic rings. The predicted octanol–water partition coefficient (Wildman–Crippen LogP) is -0.0345. The fourth-order valence-electron chi connectivity index (χ4n) is 2.57. The van der Waals surface area contributed by atoms with Gasteiger partial charge in [0.25, 0.3) is 6.43 Å². The van der Waals surface area contributed by atoms with Crippen LogP contribution in [0.4, 0.5) is 14.5 Å². The summed E-state index contributed by atoms with van der Waals surface area (Å²) in [6.45, 7) is -0.352. The first-order valence-corrected chi connectivity index (χ1v) is 8.87. The third-order valence-electron chi connectivity index (χ3n) is 3.75. The predicted molar refractivity (Wildman–Crippen MR) is 82.5 cm³/mol. The lowest BCUT2D eigenvalue weighted by Gasteiger charge is -2.14. The average Bonchev–Trinajstić information content (AvgIpc) is 3.21. The molecular weight excluding hydrogens is 358 g/mol. The number of alkyl halides is 2. The van der Waals surface area contributed by atoms with Crippen molar-refractivity contribution in [1.82, 2.24) is 24.3 Å². The minimum absolute atomic E-state index is 0.263. The highest BCUT2D eigenvalue weighted by atomic mass is 32.2. The number of rotatable bonds is 6. The molecule has 9 nitrogen and oxygen atoms in total. The normalized spacial score (nSPS) is 18.5. The molecule has 1 amide bonds. The van der Waals surface area contributed by atoms with E-state index >= 15 is 0 Å². The smallest absolute Gasteiger partial charge is 0.257 e. The number of nitrogens with one attached hydrogen (secondary N) is 1. The first-order chi connectivity index (χ1) is 11.8. The van der Waals surface area contributed by atoms with Gasteiger partial charge in [-0.15, -0.1) is 0 Å². The second-order valence-electron chi connectivity index (χ2n) is 5.61. The van der Waals surface area contributed by atoms with Gasteiger partial charge in [-0.1, -0.05) is 0 Å². The Morgan fingerprint density at radius 3 is 2.72 bits per heavy atom. The molecule has 1 aliphatic heterocycles. The van der Waals surface area contributed by atoms with Gasteiger partial charge in [-0.25, -0.2) is 17.2 Å². The monoisotopic (exact) mass is 374 g/mol. The summed E-state index contributed by atoms with van der Waals surface area (Å²) in [6.07, 6.45) is 2.80. The molecule has 1 saturated heterocycles. The first-order valence-electron chi connectivity index (χ1n) is 7.39. The molecule has 2 aromatic heterocycles. The number of sulfonamides is 1. The zero-order valence-electron chi connectivity index (χ0n) is 13.2. The van der Waals surface area contributed by atoms with E-state index < -0.39 is 34.9 Å². The maximum atomic E-state index is 12.4. The van der Waals surface area contributed by atoms with E-state index in [1.165, 1.54) is 15.8 Å². The Hall–Kier alpha value is -2.34. The summed E-state index contributed by atoms with van der Waals surface area (Å²) in [5, 5.41) is 7.57. The van der Waals surface area contributed by atoms with Crippen molar-refractivity contribution in [2.24, 2.45) is 7.05 Å². The molecule has 0 aliphatic carbocycles. The van der Waals surface area contributed by atoms with Crippen LogP contribution in [0.5, 0.6) is 0 Å². The van der Waals surface area contributed by atoms with Crippen LogP contribution in [0.1, 0.15) is 6.42 Å². The summed E-state index contributed by atoms with van der Waals surface area (Å²) in [6, 6.07) is -0.927. The van der Waals surface area contributed by atoms with Crippen molar-refractivity contribution >= 4 is 21.6 Å². The largest absolute Gasteiger partial charge is 0.308 e. The second kappa shape index (κ2) is 6.52. The van der Waals surface area contributed by atoms with Crippen LogP contribution in [0.2, 0.25) is 0 Å². The summed E-state index contributed by atoms with van der Waals surface area (Å²) in [5.41, 5.74) is 0.582. The van der Waals surface area contributed by atoms with E-state index in [0.717, 1.165) is 17.1 Å². The molecule has 0 unspecified atom stereocenters. The number of aryl methyl sites for hydroxylation is 1. The van der Waals surface area contributed by atoms with E-state index in [1.807, 2.05) is 0 Å². The lowest BCUT2D eigenvalue weighted by atomic mass is 10.3. The maximum Gasteiger partial charge on any atom is 0.257 e. The molecule has 1 N–H and O–H groups in total. The van der Waals surface area contributed by atoms with E-state index in [1.54, 1.807) is 13.2 Å². The molecule has 12 heteroatoms. The van der Waals surface area contributed by atoms with Crippen LogP contribution in [0.15, 0.2) is 29.7 Å². The highest BCUT2D eigenvalue weighted by Gasteiger charge is 2.36. The number of carbonyl (C=O) groups excluding carboxylic acids is 1. The quantitative estimate of drug-likeness (QED) is 0.765. The van der Waals surface area contributed by atoms with Gasteiger partial charge in [-0.3, -0.25) is 14.2 Å². The summed E-state index contributed by atoms with van der Waals surface area (Å²) in [5.74, 6) is -0.392. The molecule has 1 fully saturated rings. The topological polar surface area (TPSA) is 102 Å². The molecule has 136 valence electrons. The van der Waals surface area contributed by atoms with Gasteiger partial charge in [-0.05, 0) is 6.42 Å². The van der Waals surface area contributed by atoms with E-state index in [2.05, 4.69) is 14.9 Å². The van der Waals surface area contributed by atoms with Gasteiger partial charge >= 0.3 is 0 Å². The second-order valence-corrected chi connectivity index (χ2v) is 7.33. The van der Waals surface area contributed by atoms with Crippen LogP contribution in [-0.4, -0.2) is 52.9 Å². The maximum absolute atomic E-state index is 12.4. The Balaban J connectivity index is 1.71. The van der Waals surface area contributed by atoms with Gasteiger partial charge < -0.3 is 4.90 Å². The van der Waals surface area contributed by atoms with Gasteiger partial charge in [0, 0.05) is 26.0 Å². The number of nitrogens with zero attached hydrogens (tertiary/aromatic N) is 5. The van der Waals surface area contributed by atoms with Crippen LogP contribution >= 0.6 is 0 Å².